The molecule has 2 atom stereocenters. The minimum Gasteiger partial charge on any atom is -0.465 e. The Morgan fingerprint density at radius 2 is 2.00 bits per heavy atom. The summed E-state index contributed by atoms with van der Waals surface area (Å²) in [7, 11) is 0. The standard InChI is InChI=1S/C18H18N2O7S/c1-11(21)26-6-7-28-15-8-14-9-16(22)19(14)17(15)18(23)27-10-12-2-4-13(5-3-12)20(24)25/h2-5,8,14,17H,6-7,9-10H2,1H3. The minimum absolute atomic E-state index is 0.0470. The molecule has 10 heteroatoms. The highest BCUT2D eigenvalue weighted by molar-refractivity contribution is 8.03. The molecule has 0 N–H and O–H groups in total. The van der Waals surface area contributed by atoms with Crippen LogP contribution in [-0.2, 0) is 30.5 Å². The van der Waals surface area contributed by atoms with Gasteiger partial charge in [0.1, 0.15) is 13.2 Å². The van der Waals surface area contributed by atoms with Crippen molar-refractivity contribution in [3.05, 3.63) is 50.9 Å². The molecular formula is C18H18N2O7S. The summed E-state index contributed by atoms with van der Waals surface area (Å²) in [6, 6.07) is 4.80. The highest BCUT2D eigenvalue weighted by Crippen LogP contribution is 2.39. The predicted molar refractivity (Wildman–Crippen MR) is 99.1 cm³/mol. The van der Waals surface area contributed by atoms with E-state index in [0.717, 1.165) is 0 Å². The lowest BCUT2D eigenvalue weighted by Crippen LogP contribution is -2.55. The fraction of sp³-hybridized carbons (Fsp3) is 0.389. The number of amides is 1. The number of nitrogens with zero attached hydrogens (tertiary/aromatic N) is 2. The number of carbonyl (C=O) groups is 3. The van der Waals surface area contributed by atoms with Crippen molar-refractivity contribution in [3.8, 4) is 0 Å². The van der Waals surface area contributed by atoms with Gasteiger partial charge in [-0.15, -0.1) is 11.8 Å². The molecule has 28 heavy (non-hydrogen) atoms. The van der Waals surface area contributed by atoms with Crippen molar-refractivity contribution in [3.63, 3.8) is 0 Å². The number of nitro benzene ring substituents is 1. The second kappa shape index (κ2) is 8.42. The molecule has 2 aliphatic heterocycles. The van der Waals surface area contributed by atoms with Crippen molar-refractivity contribution in [2.24, 2.45) is 0 Å². The van der Waals surface area contributed by atoms with Crippen molar-refractivity contribution in [2.45, 2.75) is 32.0 Å². The van der Waals surface area contributed by atoms with Gasteiger partial charge in [-0.05, 0) is 23.8 Å². The molecular weight excluding hydrogens is 388 g/mol. The maximum atomic E-state index is 12.6. The van der Waals surface area contributed by atoms with E-state index in [4.69, 9.17) is 9.47 Å². The molecule has 0 aliphatic carbocycles. The van der Waals surface area contributed by atoms with Gasteiger partial charge < -0.3 is 14.4 Å². The Morgan fingerprint density at radius 1 is 1.29 bits per heavy atom. The molecule has 9 nitrogen and oxygen atoms in total. The molecule has 1 saturated heterocycles. The lowest BCUT2D eigenvalue weighted by atomic mass is 10.0. The third-order valence-electron chi connectivity index (χ3n) is 4.34. The van der Waals surface area contributed by atoms with Crippen LogP contribution in [0.25, 0.3) is 0 Å². The predicted octanol–water partition coefficient (Wildman–Crippen LogP) is 1.80. The molecule has 1 amide bonds. The van der Waals surface area contributed by atoms with Gasteiger partial charge in [-0.25, -0.2) is 4.79 Å². The van der Waals surface area contributed by atoms with Crippen molar-refractivity contribution in [2.75, 3.05) is 12.4 Å². The highest BCUT2D eigenvalue weighted by atomic mass is 32.2. The smallest absolute Gasteiger partial charge is 0.334 e. The van der Waals surface area contributed by atoms with Crippen LogP contribution in [0, 0.1) is 10.1 Å². The van der Waals surface area contributed by atoms with E-state index in [9.17, 15) is 24.5 Å². The molecule has 0 aromatic heterocycles. The van der Waals surface area contributed by atoms with E-state index in [2.05, 4.69) is 0 Å². The van der Waals surface area contributed by atoms with Gasteiger partial charge in [0.25, 0.3) is 5.69 Å². The fourth-order valence-corrected chi connectivity index (χ4v) is 4.02. The van der Waals surface area contributed by atoms with Crippen molar-refractivity contribution < 1.29 is 28.8 Å². The van der Waals surface area contributed by atoms with E-state index in [1.165, 1.54) is 47.9 Å². The molecule has 0 radical (unpaired) electrons. The number of ether oxygens (including phenoxy) is 2. The van der Waals surface area contributed by atoms with Crippen LogP contribution in [0.2, 0.25) is 0 Å². The second-order valence-electron chi connectivity index (χ2n) is 6.26. The van der Waals surface area contributed by atoms with E-state index in [0.29, 0.717) is 22.6 Å². The fourth-order valence-electron chi connectivity index (χ4n) is 3.00. The monoisotopic (exact) mass is 406 g/mol. The van der Waals surface area contributed by atoms with Crippen LogP contribution in [0.5, 0.6) is 0 Å². The average Bonchev–Trinajstić information content (AvgIpc) is 2.95. The van der Waals surface area contributed by atoms with Crippen LogP contribution in [0.4, 0.5) is 5.69 Å². The molecule has 0 spiro atoms. The van der Waals surface area contributed by atoms with Crippen LogP contribution < -0.4 is 0 Å². The van der Waals surface area contributed by atoms with Crippen LogP contribution in [0.15, 0.2) is 35.2 Å². The largest absolute Gasteiger partial charge is 0.465 e. The Morgan fingerprint density at radius 3 is 2.61 bits per heavy atom. The zero-order valence-electron chi connectivity index (χ0n) is 15.0. The number of thioether (sulfide) groups is 1. The summed E-state index contributed by atoms with van der Waals surface area (Å²) in [6.07, 6.45) is 2.23. The third-order valence-corrected chi connectivity index (χ3v) is 5.41. The van der Waals surface area contributed by atoms with Gasteiger partial charge in [-0.3, -0.25) is 19.7 Å². The topological polar surface area (TPSA) is 116 Å². The lowest BCUT2D eigenvalue weighted by Gasteiger charge is -2.38. The summed E-state index contributed by atoms with van der Waals surface area (Å²) in [5, 5.41) is 10.7. The first-order chi connectivity index (χ1) is 13.4. The number of hydrogen-bond donors (Lipinski definition) is 0. The summed E-state index contributed by atoms with van der Waals surface area (Å²) < 4.78 is 10.2. The van der Waals surface area contributed by atoms with Gasteiger partial charge in [-0.2, -0.15) is 0 Å². The Kier molecular flexibility index (Phi) is 5.98. The molecule has 2 heterocycles. The Bertz CT molecular complexity index is 837. The zero-order valence-corrected chi connectivity index (χ0v) is 15.8. The van der Waals surface area contributed by atoms with Crippen LogP contribution in [0.3, 0.4) is 0 Å². The lowest BCUT2D eigenvalue weighted by molar-refractivity contribution is -0.384. The number of β-lactam (4-membered cyclic amide) rings is 1. The van der Waals surface area contributed by atoms with E-state index in [1.807, 2.05) is 6.08 Å². The number of carbonyl (C=O) groups excluding carboxylic acids is 3. The molecule has 1 aromatic rings. The summed E-state index contributed by atoms with van der Waals surface area (Å²) in [6.45, 7) is 1.48. The number of nitro groups is 1. The summed E-state index contributed by atoms with van der Waals surface area (Å²) in [5.74, 6) is -0.583. The Labute approximate surface area is 164 Å². The van der Waals surface area contributed by atoms with E-state index < -0.39 is 16.9 Å². The molecule has 1 aromatic carbocycles. The van der Waals surface area contributed by atoms with Gasteiger partial charge in [0.05, 0.1) is 17.4 Å². The Balaban J connectivity index is 1.59. The normalized spacial score (nSPS) is 20.1. The van der Waals surface area contributed by atoms with Crippen LogP contribution >= 0.6 is 11.8 Å². The number of hydrogen-bond acceptors (Lipinski definition) is 8. The average molecular weight is 406 g/mol. The van der Waals surface area contributed by atoms with E-state index in [1.54, 1.807) is 0 Å². The van der Waals surface area contributed by atoms with Crippen LogP contribution in [0.1, 0.15) is 18.9 Å². The van der Waals surface area contributed by atoms with E-state index >= 15 is 0 Å². The van der Waals surface area contributed by atoms with E-state index in [-0.39, 0.29) is 36.8 Å². The molecule has 0 saturated carbocycles. The molecule has 2 unspecified atom stereocenters. The maximum absolute atomic E-state index is 12.6. The first-order valence-corrected chi connectivity index (χ1v) is 9.54. The van der Waals surface area contributed by atoms with Gasteiger partial charge in [0, 0.05) is 29.7 Å². The second-order valence-corrected chi connectivity index (χ2v) is 7.43. The summed E-state index contributed by atoms with van der Waals surface area (Å²) in [5.41, 5.74) is 0.561. The number of non-ortho nitro benzene ring substituents is 1. The zero-order chi connectivity index (χ0) is 20.3. The number of benzene rings is 1. The van der Waals surface area contributed by atoms with Crippen molar-refractivity contribution >= 4 is 35.3 Å². The third kappa shape index (κ3) is 4.33. The molecule has 2 aliphatic rings. The Hall–Kier alpha value is -2.88. The molecule has 3 rings (SSSR count). The van der Waals surface area contributed by atoms with Gasteiger partial charge in [0.2, 0.25) is 5.91 Å². The van der Waals surface area contributed by atoms with Gasteiger partial charge in [0.15, 0.2) is 6.04 Å². The van der Waals surface area contributed by atoms with Crippen LogP contribution in [-0.4, -0.2) is 52.1 Å². The molecule has 0 bridgehead atoms. The van der Waals surface area contributed by atoms with Crippen molar-refractivity contribution in [1.82, 2.24) is 4.90 Å². The number of esters is 2. The molecule has 1 fully saturated rings. The molecule has 148 valence electrons. The number of fused-ring (bicyclic) bond motifs is 1. The maximum Gasteiger partial charge on any atom is 0.334 e. The van der Waals surface area contributed by atoms with Gasteiger partial charge >= 0.3 is 11.9 Å². The number of rotatable bonds is 8. The first kappa shape index (κ1) is 19.9. The summed E-state index contributed by atoms with van der Waals surface area (Å²) in [4.78, 5) is 47.7. The first-order valence-electron chi connectivity index (χ1n) is 8.56. The highest BCUT2D eigenvalue weighted by Gasteiger charge is 2.50. The summed E-state index contributed by atoms with van der Waals surface area (Å²) >= 11 is 1.35. The van der Waals surface area contributed by atoms with Gasteiger partial charge in [-0.1, -0.05) is 0 Å². The minimum atomic E-state index is -0.799. The SMILES string of the molecule is CC(=O)OCCSC1=CC2CC(=O)N2C1C(=O)OCc1ccc([N+](=O)[O-])cc1. The quantitative estimate of drug-likeness (QED) is 0.211. The van der Waals surface area contributed by atoms with Crippen molar-refractivity contribution in [1.29, 1.82) is 0 Å².